The standard InChI is InChI=1S/C17H20N8/c1-13-7-19-17(20-8-13)25-5-3-24(4-6-25)16-11-18-10-15(22-16)14-9-21-23(2)12-14/h7-12H,3-6H2,1-2H3. The first-order valence-corrected chi connectivity index (χ1v) is 8.29. The molecule has 1 aliphatic rings. The van der Waals surface area contributed by atoms with Crippen LogP contribution in [0.5, 0.6) is 0 Å². The first-order valence-electron chi connectivity index (χ1n) is 8.29. The molecule has 3 aromatic heterocycles. The van der Waals surface area contributed by atoms with Gasteiger partial charge in [-0.3, -0.25) is 9.67 Å². The molecule has 0 N–H and O–H groups in total. The van der Waals surface area contributed by atoms with Crippen molar-refractivity contribution < 1.29 is 0 Å². The van der Waals surface area contributed by atoms with Gasteiger partial charge in [-0.2, -0.15) is 5.10 Å². The second-order valence-electron chi connectivity index (χ2n) is 6.20. The molecule has 0 aromatic carbocycles. The summed E-state index contributed by atoms with van der Waals surface area (Å²) in [5.74, 6) is 1.69. The van der Waals surface area contributed by atoms with Gasteiger partial charge >= 0.3 is 0 Å². The van der Waals surface area contributed by atoms with E-state index in [0.29, 0.717) is 0 Å². The van der Waals surface area contributed by atoms with Gasteiger partial charge in [0, 0.05) is 57.4 Å². The van der Waals surface area contributed by atoms with Gasteiger partial charge in [0.15, 0.2) is 0 Å². The third-order valence-corrected chi connectivity index (χ3v) is 4.28. The molecular weight excluding hydrogens is 316 g/mol. The second kappa shape index (κ2) is 6.46. The van der Waals surface area contributed by atoms with Crippen LogP contribution < -0.4 is 9.80 Å². The minimum Gasteiger partial charge on any atom is -0.352 e. The van der Waals surface area contributed by atoms with Gasteiger partial charge < -0.3 is 9.80 Å². The summed E-state index contributed by atoms with van der Waals surface area (Å²) in [5, 5.41) is 4.20. The summed E-state index contributed by atoms with van der Waals surface area (Å²) in [6.07, 6.45) is 11.1. The number of aromatic nitrogens is 6. The zero-order valence-corrected chi connectivity index (χ0v) is 14.4. The van der Waals surface area contributed by atoms with Crippen LogP contribution in [-0.4, -0.2) is 55.9 Å². The third-order valence-electron chi connectivity index (χ3n) is 4.28. The summed E-state index contributed by atoms with van der Waals surface area (Å²) in [6, 6.07) is 0. The van der Waals surface area contributed by atoms with E-state index in [-0.39, 0.29) is 0 Å². The quantitative estimate of drug-likeness (QED) is 0.713. The Labute approximate surface area is 146 Å². The molecule has 8 heteroatoms. The predicted molar refractivity (Wildman–Crippen MR) is 95.4 cm³/mol. The van der Waals surface area contributed by atoms with Crippen LogP contribution in [0.25, 0.3) is 11.3 Å². The smallest absolute Gasteiger partial charge is 0.225 e. The van der Waals surface area contributed by atoms with Crippen molar-refractivity contribution in [1.29, 1.82) is 0 Å². The molecule has 0 atom stereocenters. The van der Waals surface area contributed by atoms with E-state index in [1.165, 1.54) is 0 Å². The van der Waals surface area contributed by atoms with E-state index in [4.69, 9.17) is 4.98 Å². The molecule has 0 amide bonds. The van der Waals surface area contributed by atoms with E-state index in [2.05, 4.69) is 29.9 Å². The Balaban J connectivity index is 1.46. The van der Waals surface area contributed by atoms with E-state index in [1.54, 1.807) is 17.1 Å². The number of hydrogen-bond acceptors (Lipinski definition) is 7. The summed E-state index contributed by atoms with van der Waals surface area (Å²) in [4.78, 5) is 22.4. The number of aryl methyl sites for hydroxylation is 2. The van der Waals surface area contributed by atoms with Crippen LogP contribution in [0.3, 0.4) is 0 Å². The first kappa shape index (κ1) is 15.5. The maximum Gasteiger partial charge on any atom is 0.225 e. The molecule has 0 radical (unpaired) electrons. The normalized spacial score (nSPS) is 14.8. The van der Waals surface area contributed by atoms with Gasteiger partial charge in [-0.1, -0.05) is 0 Å². The molecule has 0 saturated carbocycles. The van der Waals surface area contributed by atoms with E-state index in [9.17, 15) is 0 Å². The highest BCUT2D eigenvalue weighted by molar-refractivity contribution is 5.58. The topological polar surface area (TPSA) is 75.9 Å². The Morgan fingerprint density at radius 3 is 2.28 bits per heavy atom. The minimum absolute atomic E-state index is 0.792. The Kier molecular flexibility index (Phi) is 4.01. The van der Waals surface area contributed by atoms with E-state index in [0.717, 1.165) is 54.8 Å². The van der Waals surface area contributed by atoms with Gasteiger partial charge in [0.05, 0.1) is 24.3 Å². The lowest BCUT2D eigenvalue weighted by Gasteiger charge is -2.35. The summed E-state index contributed by atoms with van der Waals surface area (Å²) in [5.41, 5.74) is 2.89. The molecular formula is C17H20N8. The van der Waals surface area contributed by atoms with Gasteiger partial charge in [0.2, 0.25) is 5.95 Å². The van der Waals surface area contributed by atoms with Crippen LogP contribution >= 0.6 is 0 Å². The molecule has 0 aliphatic carbocycles. The summed E-state index contributed by atoms with van der Waals surface area (Å²) in [7, 11) is 1.90. The van der Waals surface area contributed by atoms with E-state index >= 15 is 0 Å². The fourth-order valence-electron chi connectivity index (χ4n) is 2.89. The largest absolute Gasteiger partial charge is 0.352 e. The van der Waals surface area contributed by atoms with Crippen LogP contribution in [0.1, 0.15) is 5.56 Å². The Morgan fingerprint density at radius 2 is 1.60 bits per heavy atom. The van der Waals surface area contributed by atoms with Crippen LogP contribution in [0.4, 0.5) is 11.8 Å². The Hall–Kier alpha value is -3.03. The molecule has 8 nitrogen and oxygen atoms in total. The number of hydrogen-bond donors (Lipinski definition) is 0. The highest BCUT2D eigenvalue weighted by Gasteiger charge is 2.20. The fourth-order valence-corrected chi connectivity index (χ4v) is 2.89. The van der Waals surface area contributed by atoms with Gasteiger partial charge in [0.25, 0.3) is 0 Å². The highest BCUT2D eigenvalue weighted by Crippen LogP contribution is 2.20. The number of rotatable bonds is 3. The zero-order chi connectivity index (χ0) is 17.2. The van der Waals surface area contributed by atoms with Crippen molar-refractivity contribution in [1.82, 2.24) is 29.7 Å². The lowest BCUT2D eigenvalue weighted by Crippen LogP contribution is -2.47. The van der Waals surface area contributed by atoms with Crippen LogP contribution in [0, 0.1) is 6.92 Å². The van der Waals surface area contributed by atoms with Gasteiger partial charge in [-0.15, -0.1) is 0 Å². The van der Waals surface area contributed by atoms with Crippen molar-refractivity contribution in [2.45, 2.75) is 6.92 Å². The molecule has 25 heavy (non-hydrogen) atoms. The van der Waals surface area contributed by atoms with Crippen molar-refractivity contribution in [3.8, 4) is 11.3 Å². The first-order chi connectivity index (χ1) is 12.2. The molecule has 3 aromatic rings. The lowest BCUT2D eigenvalue weighted by atomic mass is 10.2. The average Bonchev–Trinajstić information content (AvgIpc) is 3.09. The van der Waals surface area contributed by atoms with Crippen LogP contribution in [0.2, 0.25) is 0 Å². The van der Waals surface area contributed by atoms with Crippen molar-refractivity contribution in [3.05, 3.63) is 42.7 Å². The Bertz CT molecular complexity index is 849. The lowest BCUT2D eigenvalue weighted by molar-refractivity contribution is 0.633. The molecule has 1 saturated heterocycles. The molecule has 128 valence electrons. The molecule has 4 rings (SSSR count). The monoisotopic (exact) mass is 336 g/mol. The molecule has 1 fully saturated rings. The van der Waals surface area contributed by atoms with Crippen LogP contribution in [0.15, 0.2) is 37.2 Å². The SMILES string of the molecule is Cc1cnc(N2CCN(c3cncc(-c4cnn(C)c4)n3)CC2)nc1. The van der Waals surface area contributed by atoms with Crippen molar-refractivity contribution >= 4 is 11.8 Å². The average molecular weight is 336 g/mol. The zero-order valence-electron chi connectivity index (χ0n) is 14.4. The predicted octanol–water partition coefficient (Wildman–Crippen LogP) is 1.30. The second-order valence-corrected chi connectivity index (χ2v) is 6.20. The number of piperazine rings is 1. The van der Waals surface area contributed by atoms with Gasteiger partial charge in [-0.25, -0.2) is 15.0 Å². The third kappa shape index (κ3) is 3.28. The van der Waals surface area contributed by atoms with Crippen LogP contribution in [-0.2, 0) is 7.05 Å². The summed E-state index contributed by atoms with van der Waals surface area (Å²) < 4.78 is 1.77. The van der Waals surface area contributed by atoms with Crippen molar-refractivity contribution in [2.24, 2.45) is 7.05 Å². The molecule has 1 aliphatic heterocycles. The van der Waals surface area contributed by atoms with Gasteiger partial charge in [-0.05, 0) is 12.5 Å². The maximum atomic E-state index is 4.75. The van der Waals surface area contributed by atoms with E-state index in [1.807, 2.05) is 38.8 Å². The maximum absolute atomic E-state index is 4.75. The summed E-state index contributed by atoms with van der Waals surface area (Å²) in [6.45, 7) is 5.45. The molecule has 0 spiro atoms. The molecule has 0 bridgehead atoms. The molecule has 0 unspecified atom stereocenters. The van der Waals surface area contributed by atoms with E-state index < -0.39 is 0 Å². The molecule has 4 heterocycles. The summed E-state index contributed by atoms with van der Waals surface area (Å²) >= 11 is 0. The number of anilines is 2. The highest BCUT2D eigenvalue weighted by atomic mass is 15.3. The van der Waals surface area contributed by atoms with Crippen molar-refractivity contribution in [2.75, 3.05) is 36.0 Å². The van der Waals surface area contributed by atoms with Crippen molar-refractivity contribution in [3.63, 3.8) is 0 Å². The van der Waals surface area contributed by atoms with Gasteiger partial charge in [0.1, 0.15) is 5.82 Å². The minimum atomic E-state index is 0.792. The Morgan fingerprint density at radius 1 is 0.880 bits per heavy atom. The fraction of sp³-hybridized carbons (Fsp3) is 0.353. The number of nitrogens with zero attached hydrogens (tertiary/aromatic N) is 8.